The fourth-order valence-corrected chi connectivity index (χ4v) is 3.61. The fourth-order valence-electron chi connectivity index (χ4n) is 2.24. The molecule has 0 unspecified atom stereocenters. The number of nitrogens with one attached hydrogen (secondary N) is 1. The van der Waals surface area contributed by atoms with E-state index in [4.69, 9.17) is 11.6 Å². The molecule has 0 spiro atoms. The molecule has 0 aliphatic carbocycles. The molecule has 6 heteroatoms. The molecule has 1 N–H and O–H groups in total. The molecular weight excluding hydrogens is 346 g/mol. The summed E-state index contributed by atoms with van der Waals surface area (Å²) < 4.78 is 24.4. The van der Waals surface area contributed by atoms with E-state index in [2.05, 4.69) is 5.32 Å². The Labute approximate surface area is 147 Å². The molecule has 2 aromatic rings. The van der Waals surface area contributed by atoms with Crippen LogP contribution < -0.4 is 5.32 Å². The molecule has 4 nitrogen and oxygen atoms in total. The standard InChI is InChI=1S/C18H20ClNO3S/c1-14(15-5-3-2-4-6-15)13-20-18(21)11-12-24(22,23)17-9-7-16(19)8-10-17/h2-10,14H,11-13H2,1H3,(H,20,21)/t14-/m0/s1. The number of halogens is 1. The van der Waals surface area contributed by atoms with Crippen molar-refractivity contribution in [2.75, 3.05) is 12.3 Å². The number of amides is 1. The summed E-state index contributed by atoms with van der Waals surface area (Å²) in [5.41, 5.74) is 1.13. The molecule has 0 aromatic heterocycles. The van der Waals surface area contributed by atoms with E-state index >= 15 is 0 Å². The zero-order valence-corrected chi connectivity index (χ0v) is 15.0. The lowest BCUT2D eigenvalue weighted by molar-refractivity contribution is -0.120. The molecule has 1 atom stereocenters. The van der Waals surface area contributed by atoms with E-state index in [1.165, 1.54) is 24.3 Å². The highest BCUT2D eigenvalue weighted by molar-refractivity contribution is 7.91. The Hall–Kier alpha value is -1.85. The lowest BCUT2D eigenvalue weighted by Crippen LogP contribution is -2.29. The second-order valence-corrected chi connectivity index (χ2v) is 8.18. The Kier molecular flexibility index (Phi) is 6.40. The first kappa shape index (κ1) is 18.5. The number of rotatable bonds is 7. The minimum atomic E-state index is -3.48. The molecule has 0 aliphatic heterocycles. The van der Waals surface area contributed by atoms with Gasteiger partial charge >= 0.3 is 0 Å². The van der Waals surface area contributed by atoms with Crippen LogP contribution in [0.15, 0.2) is 59.5 Å². The molecule has 0 bridgehead atoms. The van der Waals surface area contributed by atoms with Gasteiger partial charge in [0, 0.05) is 18.0 Å². The highest BCUT2D eigenvalue weighted by Gasteiger charge is 2.16. The van der Waals surface area contributed by atoms with E-state index in [0.29, 0.717) is 11.6 Å². The monoisotopic (exact) mass is 365 g/mol. The molecule has 2 rings (SSSR count). The first-order valence-corrected chi connectivity index (χ1v) is 9.71. The SMILES string of the molecule is C[C@@H](CNC(=O)CCS(=O)(=O)c1ccc(Cl)cc1)c1ccccc1. The van der Waals surface area contributed by atoms with Gasteiger partial charge in [0.05, 0.1) is 10.6 Å². The first-order valence-electron chi connectivity index (χ1n) is 7.68. The van der Waals surface area contributed by atoms with Gasteiger partial charge in [0.15, 0.2) is 9.84 Å². The molecule has 24 heavy (non-hydrogen) atoms. The van der Waals surface area contributed by atoms with Crippen LogP contribution in [0.1, 0.15) is 24.8 Å². The van der Waals surface area contributed by atoms with E-state index in [1.807, 2.05) is 37.3 Å². The third-order valence-electron chi connectivity index (χ3n) is 3.74. The topological polar surface area (TPSA) is 63.2 Å². The highest BCUT2D eigenvalue weighted by atomic mass is 35.5. The van der Waals surface area contributed by atoms with Gasteiger partial charge in [0.25, 0.3) is 0 Å². The lowest BCUT2D eigenvalue weighted by Gasteiger charge is -2.13. The van der Waals surface area contributed by atoms with Crippen LogP contribution in [0.5, 0.6) is 0 Å². The van der Waals surface area contributed by atoms with Crippen LogP contribution in [-0.2, 0) is 14.6 Å². The first-order chi connectivity index (χ1) is 11.4. The molecule has 0 saturated heterocycles. The quantitative estimate of drug-likeness (QED) is 0.817. The largest absolute Gasteiger partial charge is 0.355 e. The maximum absolute atomic E-state index is 12.2. The van der Waals surface area contributed by atoms with Crippen LogP contribution in [0.25, 0.3) is 0 Å². The summed E-state index contributed by atoms with van der Waals surface area (Å²) in [6, 6.07) is 15.8. The smallest absolute Gasteiger partial charge is 0.221 e. The van der Waals surface area contributed by atoms with Crippen LogP contribution in [0.3, 0.4) is 0 Å². The van der Waals surface area contributed by atoms with Gasteiger partial charge in [-0.25, -0.2) is 8.42 Å². The summed E-state index contributed by atoms with van der Waals surface area (Å²) in [5.74, 6) is -0.321. The van der Waals surface area contributed by atoms with E-state index < -0.39 is 9.84 Å². The Bertz CT molecular complexity index is 774. The minimum Gasteiger partial charge on any atom is -0.355 e. The van der Waals surface area contributed by atoms with Crippen LogP contribution in [-0.4, -0.2) is 26.6 Å². The summed E-state index contributed by atoms with van der Waals surface area (Å²) in [5, 5.41) is 3.26. The van der Waals surface area contributed by atoms with Gasteiger partial charge in [-0.05, 0) is 35.7 Å². The maximum atomic E-state index is 12.2. The van der Waals surface area contributed by atoms with Crippen molar-refractivity contribution in [1.82, 2.24) is 5.32 Å². The Morgan fingerprint density at radius 1 is 1.08 bits per heavy atom. The van der Waals surface area contributed by atoms with Crippen molar-refractivity contribution in [3.05, 3.63) is 65.2 Å². The Morgan fingerprint density at radius 3 is 2.33 bits per heavy atom. The van der Waals surface area contributed by atoms with Crippen LogP contribution in [0, 0.1) is 0 Å². The molecule has 0 saturated carbocycles. The summed E-state index contributed by atoms with van der Waals surface area (Å²) in [6.07, 6.45) is -0.0630. The molecule has 2 aromatic carbocycles. The molecule has 128 valence electrons. The predicted molar refractivity (Wildman–Crippen MR) is 96.0 cm³/mol. The summed E-state index contributed by atoms with van der Waals surface area (Å²) in [4.78, 5) is 12.1. The van der Waals surface area contributed by atoms with Gasteiger partial charge in [0.1, 0.15) is 0 Å². The van der Waals surface area contributed by atoms with Crippen molar-refractivity contribution in [2.45, 2.75) is 24.2 Å². The average molecular weight is 366 g/mol. The van der Waals surface area contributed by atoms with E-state index in [9.17, 15) is 13.2 Å². The van der Waals surface area contributed by atoms with E-state index in [-0.39, 0.29) is 28.9 Å². The number of hydrogen-bond donors (Lipinski definition) is 1. The summed E-state index contributed by atoms with van der Waals surface area (Å²) in [6.45, 7) is 2.49. The van der Waals surface area contributed by atoms with Gasteiger partial charge < -0.3 is 5.32 Å². The summed E-state index contributed by atoms with van der Waals surface area (Å²) in [7, 11) is -3.48. The molecular formula is C18H20ClNO3S. The predicted octanol–water partition coefficient (Wildman–Crippen LogP) is 3.42. The van der Waals surface area contributed by atoms with Gasteiger partial charge in [-0.2, -0.15) is 0 Å². The molecule has 0 radical (unpaired) electrons. The number of sulfone groups is 1. The maximum Gasteiger partial charge on any atom is 0.221 e. The zero-order valence-electron chi connectivity index (χ0n) is 13.4. The Balaban J connectivity index is 1.83. The molecule has 0 fully saturated rings. The fraction of sp³-hybridized carbons (Fsp3) is 0.278. The number of carbonyl (C=O) groups is 1. The van der Waals surface area contributed by atoms with Crippen LogP contribution in [0.2, 0.25) is 5.02 Å². The molecule has 0 heterocycles. The second kappa shape index (κ2) is 8.31. The number of benzene rings is 2. The Morgan fingerprint density at radius 2 is 1.71 bits per heavy atom. The van der Waals surface area contributed by atoms with Crippen molar-refractivity contribution in [1.29, 1.82) is 0 Å². The molecule has 1 amide bonds. The van der Waals surface area contributed by atoms with Crippen LogP contribution in [0.4, 0.5) is 0 Å². The van der Waals surface area contributed by atoms with Crippen molar-refractivity contribution in [3.63, 3.8) is 0 Å². The van der Waals surface area contributed by atoms with Gasteiger partial charge in [-0.1, -0.05) is 48.9 Å². The summed E-state index contributed by atoms with van der Waals surface area (Å²) >= 11 is 5.75. The zero-order chi connectivity index (χ0) is 17.6. The minimum absolute atomic E-state index is 0.0630. The number of carbonyl (C=O) groups excluding carboxylic acids is 1. The van der Waals surface area contributed by atoms with Crippen molar-refractivity contribution in [2.24, 2.45) is 0 Å². The van der Waals surface area contributed by atoms with E-state index in [1.54, 1.807) is 0 Å². The van der Waals surface area contributed by atoms with Crippen molar-refractivity contribution in [3.8, 4) is 0 Å². The average Bonchev–Trinajstić information content (AvgIpc) is 2.59. The van der Waals surface area contributed by atoms with Gasteiger partial charge in [-0.3, -0.25) is 4.79 Å². The normalized spacial score (nSPS) is 12.6. The van der Waals surface area contributed by atoms with Crippen molar-refractivity contribution < 1.29 is 13.2 Å². The third kappa shape index (κ3) is 5.35. The highest BCUT2D eigenvalue weighted by Crippen LogP contribution is 2.16. The lowest BCUT2D eigenvalue weighted by atomic mass is 10.0. The van der Waals surface area contributed by atoms with Crippen molar-refractivity contribution >= 4 is 27.3 Å². The second-order valence-electron chi connectivity index (χ2n) is 5.64. The number of hydrogen-bond acceptors (Lipinski definition) is 3. The third-order valence-corrected chi connectivity index (χ3v) is 5.73. The van der Waals surface area contributed by atoms with E-state index in [0.717, 1.165) is 5.56 Å². The van der Waals surface area contributed by atoms with Gasteiger partial charge in [0.2, 0.25) is 5.91 Å². The van der Waals surface area contributed by atoms with Crippen LogP contribution >= 0.6 is 11.6 Å². The molecule has 0 aliphatic rings. The van der Waals surface area contributed by atoms with Gasteiger partial charge in [-0.15, -0.1) is 0 Å².